The van der Waals surface area contributed by atoms with E-state index in [9.17, 15) is 9.59 Å². The summed E-state index contributed by atoms with van der Waals surface area (Å²) in [5.41, 5.74) is 0.335. The Balaban J connectivity index is 2.38. The summed E-state index contributed by atoms with van der Waals surface area (Å²) in [5, 5.41) is 0. The van der Waals surface area contributed by atoms with Gasteiger partial charge in [-0.15, -0.1) is 0 Å². The summed E-state index contributed by atoms with van der Waals surface area (Å²) < 4.78 is 10.2. The quantitative estimate of drug-likeness (QED) is 0.521. The Labute approximate surface area is 80.4 Å². The molecule has 0 saturated heterocycles. The molecule has 72 valence electrons. The minimum Gasteiger partial charge on any atom is -0.454 e. The molecule has 4 heteroatoms. The van der Waals surface area contributed by atoms with Crippen molar-refractivity contribution in [2.24, 2.45) is 0 Å². The van der Waals surface area contributed by atoms with E-state index in [4.69, 9.17) is 9.47 Å². The highest BCUT2D eigenvalue weighted by molar-refractivity contribution is 6.42. The van der Waals surface area contributed by atoms with Crippen LogP contribution in [0.4, 0.5) is 0 Å². The van der Waals surface area contributed by atoms with Crippen molar-refractivity contribution in [3.63, 3.8) is 0 Å². The van der Waals surface area contributed by atoms with Crippen LogP contribution in [0.15, 0.2) is 18.2 Å². The number of carbonyl (C=O) groups excluding carboxylic acids is 2. The van der Waals surface area contributed by atoms with Crippen LogP contribution in [0, 0.1) is 0 Å². The number of hydrogen-bond acceptors (Lipinski definition) is 4. The van der Waals surface area contributed by atoms with Crippen LogP contribution in [0.2, 0.25) is 0 Å². The predicted molar refractivity (Wildman–Crippen MR) is 47.6 cm³/mol. The van der Waals surface area contributed by atoms with Crippen molar-refractivity contribution in [1.29, 1.82) is 0 Å². The third-order valence-corrected chi connectivity index (χ3v) is 1.95. The van der Waals surface area contributed by atoms with E-state index < -0.39 is 11.6 Å². The summed E-state index contributed by atoms with van der Waals surface area (Å²) in [5.74, 6) is 0.120. The number of rotatable bonds is 2. The van der Waals surface area contributed by atoms with Crippen molar-refractivity contribution in [2.45, 2.75) is 6.92 Å². The van der Waals surface area contributed by atoms with Crippen molar-refractivity contribution in [3.05, 3.63) is 23.8 Å². The lowest BCUT2D eigenvalue weighted by Crippen LogP contribution is -2.09. The van der Waals surface area contributed by atoms with Crippen LogP contribution in [0.1, 0.15) is 17.3 Å². The van der Waals surface area contributed by atoms with Crippen LogP contribution in [0.5, 0.6) is 11.5 Å². The standard InChI is InChI=1S/C10H8O4/c1-6(11)10(12)7-2-3-8-9(4-7)14-5-13-8/h2-4H,5H2,1H3. The Morgan fingerprint density at radius 1 is 1.21 bits per heavy atom. The van der Waals surface area contributed by atoms with Crippen LogP contribution in [-0.4, -0.2) is 18.4 Å². The Hall–Kier alpha value is -1.84. The molecule has 0 atom stereocenters. The summed E-state index contributed by atoms with van der Waals surface area (Å²) in [4.78, 5) is 22.1. The first-order chi connectivity index (χ1) is 6.68. The van der Waals surface area contributed by atoms with Crippen molar-refractivity contribution >= 4 is 11.6 Å². The molecule has 1 aromatic carbocycles. The van der Waals surface area contributed by atoms with Gasteiger partial charge >= 0.3 is 0 Å². The molecule has 0 radical (unpaired) electrons. The lowest BCUT2D eigenvalue weighted by molar-refractivity contribution is -0.113. The van der Waals surface area contributed by atoms with E-state index in [0.29, 0.717) is 17.1 Å². The van der Waals surface area contributed by atoms with E-state index in [1.54, 1.807) is 12.1 Å². The zero-order chi connectivity index (χ0) is 10.1. The molecular formula is C10H8O4. The molecule has 0 saturated carbocycles. The first-order valence-electron chi connectivity index (χ1n) is 4.13. The lowest BCUT2D eigenvalue weighted by Gasteiger charge is -1.98. The van der Waals surface area contributed by atoms with E-state index in [2.05, 4.69) is 0 Å². The fourth-order valence-corrected chi connectivity index (χ4v) is 1.24. The number of ether oxygens (including phenoxy) is 2. The molecule has 1 heterocycles. The van der Waals surface area contributed by atoms with Gasteiger partial charge in [-0.25, -0.2) is 0 Å². The summed E-state index contributed by atoms with van der Waals surface area (Å²) in [6.45, 7) is 1.40. The Kier molecular flexibility index (Phi) is 1.96. The first-order valence-corrected chi connectivity index (χ1v) is 4.13. The van der Waals surface area contributed by atoms with Gasteiger partial charge in [0.05, 0.1) is 0 Å². The Morgan fingerprint density at radius 2 is 1.93 bits per heavy atom. The van der Waals surface area contributed by atoms with Crippen LogP contribution in [0.3, 0.4) is 0 Å². The second-order valence-electron chi connectivity index (χ2n) is 2.95. The summed E-state index contributed by atoms with van der Waals surface area (Å²) in [7, 11) is 0. The van der Waals surface area contributed by atoms with Gasteiger partial charge in [0.25, 0.3) is 0 Å². The molecule has 2 rings (SSSR count). The number of Topliss-reactive ketones (excluding diaryl/α,β-unsaturated/α-hetero) is 2. The van der Waals surface area contributed by atoms with Crippen LogP contribution >= 0.6 is 0 Å². The fourth-order valence-electron chi connectivity index (χ4n) is 1.24. The fraction of sp³-hybridized carbons (Fsp3) is 0.200. The van der Waals surface area contributed by atoms with E-state index in [1.807, 2.05) is 0 Å². The van der Waals surface area contributed by atoms with Gasteiger partial charge < -0.3 is 9.47 Å². The van der Waals surface area contributed by atoms with Gasteiger partial charge in [-0.3, -0.25) is 9.59 Å². The Morgan fingerprint density at radius 3 is 2.64 bits per heavy atom. The third kappa shape index (κ3) is 1.35. The number of benzene rings is 1. The topological polar surface area (TPSA) is 52.6 Å². The minimum absolute atomic E-state index is 0.160. The molecule has 14 heavy (non-hydrogen) atoms. The zero-order valence-electron chi connectivity index (χ0n) is 7.57. The maximum absolute atomic E-state index is 11.3. The summed E-state index contributed by atoms with van der Waals surface area (Å²) in [6, 6.07) is 4.70. The van der Waals surface area contributed by atoms with E-state index in [0.717, 1.165) is 0 Å². The van der Waals surface area contributed by atoms with Crippen LogP contribution in [-0.2, 0) is 4.79 Å². The van der Waals surface area contributed by atoms with Crippen molar-refractivity contribution < 1.29 is 19.1 Å². The number of hydrogen-bond donors (Lipinski definition) is 0. The van der Waals surface area contributed by atoms with Gasteiger partial charge in [-0.05, 0) is 18.2 Å². The highest BCUT2D eigenvalue weighted by atomic mass is 16.7. The van der Waals surface area contributed by atoms with Crippen LogP contribution in [0.25, 0.3) is 0 Å². The van der Waals surface area contributed by atoms with Gasteiger partial charge in [0.15, 0.2) is 17.3 Å². The van der Waals surface area contributed by atoms with E-state index in [1.165, 1.54) is 13.0 Å². The summed E-state index contributed by atoms with van der Waals surface area (Å²) in [6.07, 6.45) is 0. The molecule has 1 aliphatic rings. The number of ketones is 2. The molecule has 0 spiro atoms. The minimum atomic E-state index is -0.511. The second-order valence-corrected chi connectivity index (χ2v) is 2.95. The predicted octanol–water partition coefficient (Wildman–Crippen LogP) is 1.19. The van der Waals surface area contributed by atoms with Gasteiger partial charge in [0.2, 0.25) is 12.6 Å². The number of fused-ring (bicyclic) bond motifs is 1. The molecule has 0 amide bonds. The largest absolute Gasteiger partial charge is 0.454 e. The molecule has 0 N–H and O–H groups in total. The molecule has 4 nitrogen and oxygen atoms in total. The average Bonchev–Trinajstić information content (AvgIpc) is 2.62. The monoisotopic (exact) mass is 192 g/mol. The van der Waals surface area contributed by atoms with Crippen molar-refractivity contribution in [3.8, 4) is 11.5 Å². The second kappa shape index (κ2) is 3.14. The normalized spacial score (nSPS) is 12.6. The van der Waals surface area contributed by atoms with E-state index in [-0.39, 0.29) is 6.79 Å². The highest BCUT2D eigenvalue weighted by Gasteiger charge is 2.17. The molecule has 0 fully saturated rings. The maximum Gasteiger partial charge on any atom is 0.231 e. The Bertz CT molecular complexity index is 409. The molecule has 0 bridgehead atoms. The first kappa shape index (κ1) is 8.74. The van der Waals surface area contributed by atoms with E-state index >= 15 is 0 Å². The molecule has 1 aliphatic heterocycles. The van der Waals surface area contributed by atoms with Crippen molar-refractivity contribution in [2.75, 3.05) is 6.79 Å². The van der Waals surface area contributed by atoms with Gasteiger partial charge in [0.1, 0.15) is 0 Å². The average molecular weight is 192 g/mol. The SMILES string of the molecule is CC(=O)C(=O)c1ccc2c(c1)OCO2. The molecule has 1 aromatic rings. The third-order valence-electron chi connectivity index (χ3n) is 1.95. The molecule has 0 unspecified atom stereocenters. The van der Waals surface area contributed by atoms with Gasteiger partial charge in [-0.2, -0.15) is 0 Å². The molecular weight excluding hydrogens is 184 g/mol. The lowest BCUT2D eigenvalue weighted by atomic mass is 10.1. The van der Waals surface area contributed by atoms with Gasteiger partial charge in [-0.1, -0.05) is 0 Å². The maximum atomic E-state index is 11.3. The smallest absolute Gasteiger partial charge is 0.231 e. The molecule has 0 aromatic heterocycles. The zero-order valence-corrected chi connectivity index (χ0v) is 7.57. The van der Waals surface area contributed by atoms with Crippen molar-refractivity contribution in [1.82, 2.24) is 0 Å². The summed E-state index contributed by atoms with van der Waals surface area (Å²) >= 11 is 0. The molecule has 0 aliphatic carbocycles. The number of carbonyl (C=O) groups is 2. The van der Waals surface area contributed by atoms with Crippen LogP contribution < -0.4 is 9.47 Å². The van der Waals surface area contributed by atoms with Gasteiger partial charge in [0, 0.05) is 12.5 Å². The highest BCUT2D eigenvalue weighted by Crippen LogP contribution is 2.32.